The largest absolute Gasteiger partial charge is 0.411 e. The molecule has 118 valence electrons. The van der Waals surface area contributed by atoms with Gasteiger partial charge < -0.3 is 5.32 Å². The fraction of sp³-hybridized carbons (Fsp3) is 0.462. The lowest BCUT2D eigenvalue weighted by molar-refractivity contribution is -0.319. The average Bonchev–Trinajstić information content (AvgIpc) is 2.35. The van der Waals surface area contributed by atoms with Gasteiger partial charge in [0.15, 0.2) is 0 Å². The molecule has 0 aliphatic carbocycles. The van der Waals surface area contributed by atoms with E-state index in [2.05, 4.69) is 0 Å². The molecule has 21 heavy (non-hydrogen) atoms. The minimum atomic E-state index is -5.74. The van der Waals surface area contributed by atoms with Crippen molar-refractivity contribution >= 4 is 5.91 Å². The van der Waals surface area contributed by atoms with Crippen molar-refractivity contribution in [3.63, 3.8) is 0 Å². The number of rotatable bonds is 3. The molecule has 1 amide bonds. The number of carbonyl (C=O) groups excluding carboxylic acids is 1. The number of carbonyl (C=O) groups is 1. The van der Waals surface area contributed by atoms with Gasteiger partial charge in [0.1, 0.15) is 0 Å². The molecule has 0 fully saturated rings. The van der Waals surface area contributed by atoms with Crippen molar-refractivity contribution in [3.05, 3.63) is 35.9 Å². The zero-order chi connectivity index (χ0) is 16.5. The van der Waals surface area contributed by atoms with Gasteiger partial charge >= 0.3 is 12.4 Å². The van der Waals surface area contributed by atoms with E-state index in [0.29, 0.717) is 5.56 Å². The molecule has 0 aromatic heterocycles. The van der Waals surface area contributed by atoms with Crippen molar-refractivity contribution in [2.75, 3.05) is 0 Å². The van der Waals surface area contributed by atoms with Gasteiger partial charge in [-0.05, 0) is 19.4 Å². The van der Waals surface area contributed by atoms with Crippen molar-refractivity contribution in [1.82, 2.24) is 5.32 Å². The number of hydrogen-bond acceptors (Lipinski definition) is 1. The van der Waals surface area contributed by atoms with E-state index in [1.54, 1.807) is 23.5 Å². The maximum Gasteiger partial charge on any atom is 0.411 e. The summed E-state index contributed by atoms with van der Waals surface area (Å²) in [5.41, 5.74) is -4.05. The van der Waals surface area contributed by atoms with Crippen molar-refractivity contribution in [3.8, 4) is 0 Å². The van der Waals surface area contributed by atoms with Crippen molar-refractivity contribution < 1.29 is 31.1 Å². The standard InChI is InChI=1S/C13H13F6NO/c1-8(9-6-4-3-5-7-9)20-10(21)11(2,12(14,15)16)13(17,18)19/h3-8H,1-2H3,(H,20,21)/t8-/m0/s1. The summed E-state index contributed by atoms with van der Waals surface area (Å²) in [5, 5.41) is 1.77. The maximum absolute atomic E-state index is 12.7. The number of benzene rings is 1. The van der Waals surface area contributed by atoms with E-state index in [1.165, 1.54) is 19.1 Å². The van der Waals surface area contributed by atoms with Gasteiger partial charge in [-0.25, -0.2) is 0 Å². The van der Waals surface area contributed by atoms with Gasteiger partial charge in [-0.2, -0.15) is 26.3 Å². The van der Waals surface area contributed by atoms with Gasteiger partial charge in [0.2, 0.25) is 11.3 Å². The van der Waals surface area contributed by atoms with E-state index < -0.39 is 29.7 Å². The van der Waals surface area contributed by atoms with Crippen LogP contribution in [0, 0.1) is 5.41 Å². The van der Waals surface area contributed by atoms with Crippen LogP contribution in [-0.2, 0) is 4.79 Å². The Balaban J connectivity index is 3.05. The molecule has 1 aromatic rings. The molecule has 0 saturated carbocycles. The highest BCUT2D eigenvalue weighted by Crippen LogP contribution is 2.50. The molecule has 1 rings (SSSR count). The van der Waals surface area contributed by atoms with Gasteiger partial charge in [0.25, 0.3) is 0 Å². The second-order valence-electron chi connectivity index (χ2n) is 4.73. The molecule has 0 heterocycles. The topological polar surface area (TPSA) is 29.1 Å². The normalized spacial score (nSPS) is 14.7. The van der Waals surface area contributed by atoms with E-state index in [9.17, 15) is 31.1 Å². The molecule has 1 N–H and O–H groups in total. The third-order valence-electron chi connectivity index (χ3n) is 3.24. The minimum absolute atomic E-state index is 0.167. The first kappa shape index (κ1) is 17.3. The van der Waals surface area contributed by atoms with E-state index >= 15 is 0 Å². The molecular formula is C13H13F6NO. The van der Waals surface area contributed by atoms with Gasteiger partial charge in [0.05, 0.1) is 6.04 Å². The Bertz CT molecular complexity index is 480. The van der Waals surface area contributed by atoms with Crippen molar-refractivity contribution in [2.45, 2.75) is 32.2 Å². The summed E-state index contributed by atoms with van der Waals surface area (Å²) in [6.45, 7) is 1.14. The number of alkyl halides is 6. The zero-order valence-electron chi connectivity index (χ0n) is 11.1. The number of amides is 1. The smallest absolute Gasteiger partial charge is 0.349 e. The molecule has 0 unspecified atom stereocenters. The van der Waals surface area contributed by atoms with Crippen LogP contribution in [0.4, 0.5) is 26.3 Å². The summed E-state index contributed by atoms with van der Waals surface area (Å²) in [7, 11) is 0. The predicted octanol–water partition coefficient (Wildman–Crippen LogP) is 3.99. The Morgan fingerprint density at radius 2 is 1.43 bits per heavy atom. The van der Waals surface area contributed by atoms with E-state index in [1.807, 2.05) is 0 Å². The molecular weight excluding hydrogens is 300 g/mol. The van der Waals surface area contributed by atoms with Crippen LogP contribution < -0.4 is 5.32 Å². The van der Waals surface area contributed by atoms with Crippen molar-refractivity contribution in [2.24, 2.45) is 5.41 Å². The van der Waals surface area contributed by atoms with Crippen LogP contribution in [0.15, 0.2) is 30.3 Å². The monoisotopic (exact) mass is 313 g/mol. The van der Waals surface area contributed by atoms with Crippen LogP contribution in [0.1, 0.15) is 25.5 Å². The lowest BCUT2D eigenvalue weighted by atomic mass is 9.87. The first-order valence-electron chi connectivity index (χ1n) is 5.90. The van der Waals surface area contributed by atoms with Gasteiger partial charge in [-0.1, -0.05) is 30.3 Å². The third-order valence-corrected chi connectivity index (χ3v) is 3.24. The Kier molecular flexibility index (Phi) is 4.60. The van der Waals surface area contributed by atoms with Crippen LogP contribution in [0.25, 0.3) is 0 Å². The van der Waals surface area contributed by atoms with E-state index in [4.69, 9.17) is 0 Å². The summed E-state index contributed by atoms with van der Waals surface area (Å²) in [6.07, 6.45) is -11.5. The summed E-state index contributed by atoms with van der Waals surface area (Å²) in [4.78, 5) is 11.6. The summed E-state index contributed by atoms with van der Waals surface area (Å²) < 4.78 is 76.3. The third kappa shape index (κ3) is 3.30. The Morgan fingerprint density at radius 3 is 1.81 bits per heavy atom. The molecule has 1 atom stereocenters. The average molecular weight is 313 g/mol. The molecule has 0 aliphatic rings. The van der Waals surface area contributed by atoms with Gasteiger partial charge in [0, 0.05) is 0 Å². The molecule has 0 saturated heterocycles. The lowest BCUT2D eigenvalue weighted by Gasteiger charge is -2.33. The van der Waals surface area contributed by atoms with Crippen LogP contribution in [0.3, 0.4) is 0 Å². The molecule has 0 bridgehead atoms. The highest BCUT2D eigenvalue weighted by atomic mass is 19.4. The molecule has 1 aromatic carbocycles. The Labute approximate surface area is 117 Å². The highest BCUT2D eigenvalue weighted by Gasteiger charge is 2.72. The summed E-state index contributed by atoms with van der Waals surface area (Å²) in [6, 6.07) is 6.75. The second kappa shape index (κ2) is 5.57. The SMILES string of the molecule is C[C@H](NC(=O)C(C)(C(F)(F)F)C(F)(F)F)c1ccccc1. The molecule has 0 radical (unpaired) electrons. The first-order chi connectivity index (χ1) is 9.41. The summed E-state index contributed by atoms with van der Waals surface area (Å²) >= 11 is 0. The maximum atomic E-state index is 12.7. The fourth-order valence-electron chi connectivity index (χ4n) is 1.58. The van der Waals surface area contributed by atoms with Crippen LogP contribution >= 0.6 is 0 Å². The van der Waals surface area contributed by atoms with Crippen LogP contribution in [0.5, 0.6) is 0 Å². The molecule has 2 nitrogen and oxygen atoms in total. The lowest BCUT2D eigenvalue weighted by Crippen LogP contribution is -2.57. The Hall–Kier alpha value is -1.73. The van der Waals surface area contributed by atoms with E-state index in [0.717, 1.165) is 0 Å². The highest BCUT2D eigenvalue weighted by molar-refractivity contribution is 5.84. The predicted molar refractivity (Wildman–Crippen MR) is 63.2 cm³/mol. The van der Waals surface area contributed by atoms with Crippen molar-refractivity contribution in [1.29, 1.82) is 0 Å². The molecule has 8 heteroatoms. The minimum Gasteiger partial charge on any atom is -0.349 e. The van der Waals surface area contributed by atoms with Crippen LogP contribution in [0.2, 0.25) is 0 Å². The summed E-state index contributed by atoms with van der Waals surface area (Å²) in [5.74, 6) is -2.13. The first-order valence-corrected chi connectivity index (χ1v) is 5.90. The Morgan fingerprint density at radius 1 is 1.00 bits per heavy atom. The fourth-order valence-corrected chi connectivity index (χ4v) is 1.58. The quantitative estimate of drug-likeness (QED) is 0.840. The number of halogens is 6. The molecule has 0 spiro atoms. The zero-order valence-corrected chi connectivity index (χ0v) is 11.1. The van der Waals surface area contributed by atoms with E-state index in [-0.39, 0.29) is 6.92 Å². The second-order valence-corrected chi connectivity index (χ2v) is 4.73. The number of nitrogens with one attached hydrogen (secondary N) is 1. The number of hydrogen-bond donors (Lipinski definition) is 1. The van der Waals surface area contributed by atoms with Crippen LogP contribution in [-0.4, -0.2) is 18.3 Å². The van der Waals surface area contributed by atoms with Gasteiger partial charge in [-0.15, -0.1) is 0 Å². The molecule has 0 aliphatic heterocycles. The van der Waals surface area contributed by atoms with Gasteiger partial charge in [-0.3, -0.25) is 4.79 Å².